The van der Waals surface area contributed by atoms with E-state index < -0.39 is 0 Å². The monoisotopic (exact) mass is 277 g/mol. The van der Waals surface area contributed by atoms with Crippen molar-refractivity contribution in [1.29, 1.82) is 0 Å². The standard InChI is InChI=1S/C16H27N3O/c1-18(2)16(8-5-9-16)12-19(3)11-13-10-14(20-4)6-7-15(13)17/h6-7,10H,5,8-9,11-12,17H2,1-4H3. The molecule has 2 rings (SSSR count). The van der Waals surface area contributed by atoms with Crippen LogP contribution in [0.1, 0.15) is 24.8 Å². The first kappa shape index (κ1) is 15.1. The number of benzene rings is 1. The van der Waals surface area contributed by atoms with Crippen molar-refractivity contribution in [2.45, 2.75) is 31.3 Å². The van der Waals surface area contributed by atoms with E-state index in [0.717, 1.165) is 30.1 Å². The second-order valence-corrected chi connectivity index (χ2v) is 6.21. The van der Waals surface area contributed by atoms with Gasteiger partial charge in [0, 0.05) is 24.3 Å². The van der Waals surface area contributed by atoms with Crippen molar-refractivity contribution >= 4 is 5.69 Å². The lowest BCUT2D eigenvalue weighted by atomic mass is 9.75. The molecule has 4 heteroatoms. The predicted molar refractivity (Wildman–Crippen MR) is 84.0 cm³/mol. The van der Waals surface area contributed by atoms with E-state index in [9.17, 15) is 0 Å². The topological polar surface area (TPSA) is 41.7 Å². The first-order valence-corrected chi connectivity index (χ1v) is 7.25. The van der Waals surface area contributed by atoms with Crippen LogP contribution in [0, 0.1) is 0 Å². The molecule has 0 spiro atoms. The summed E-state index contributed by atoms with van der Waals surface area (Å²) in [5.74, 6) is 0.869. The van der Waals surface area contributed by atoms with E-state index in [1.807, 2.05) is 18.2 Å². The lowest BCUT2D eigenvalue weighted by molar-refractivity contribution is 0.0259. The number of anilines is 1. The molecule has 0 atom stereocenters. The minimum absolute atomic E-state index is 0.350. The van der Waals surface area contributed by atoms with Gasteiger partial charge in [0.25, 0.3) is 0 Å². The van der Waals surface area contributed by atoms with Gasteiger partial charge in [-0.1, -0.05) is 0 Å². The lowest BCUT2D eigenvalue weighted by Crippen LogP contribution is -2.56. The highest BCUT2D eigenvalue weighted by Gasteiger charge is 2.39. The van der Waals surface area contributed by atoms with Crippen LogP contribution >= 0.6 is 0 Å². The smallest absolute Gasteiger partial charge is 0.119 e. The Morgan fingerprint density at radius 1 is 1.25 bits per heavy atom. The van der Waals surface area contributed by atoms with Crippen LogP contribution in [-0.2, 0) is 6.54 Å². The average Bonchev–Trinajstić information content (AvgIpc) is 2.36. The molecular weight excluding hydrogens is 250 g/mol. The van der Waals surface area contributed by atoms with Crippen LogP contribution in [0.4, 0.5) is 5.69 Å². The van der Waals surface area contributed by atoms with Crippen LogP contribution in [0.15, 0.2) is 18.2 Å². The summed E-state index contributed by atoms with van der Waals surface area (Å²) in [7, 11) is 8.23. The van der Waals surface area contributed by atoms with Gasteiger partial charge in [0.1, 0.15) is 5.75 Å². The first-order valence-electron chi connectivity index (χ1n) is 7.25. The van der Waals surface area contributed by atoms with Crippen molar-refractivity contribution < 1.29 is 4.74 Å². The van der Waals surface area contributed by atoms with Gasteiger partial charge in [-0.3, -0.25) is 0 Å². The highest BCUT2D eigenvalue weighted by molar-refractivity contribution is 5.50. The molecule has 1 aromatic rings. The maximum Gasteiger partial charge on any atom is 0.119 e. The number of ether oxygens (including phenoxy) is 1. The summed E-state index contributed by atoms with van der Waals surface area (Å²) >= 11 is 0. The summed E-state index contributed by atoms with van der Waals surface area (Å²) in [5.41, 5.74) is 8.40. The summed E-state index contributed by atoms with van der Waals surface area (Å²) in [5, 5.41) is 0. The number of methoxy groups -OCH3 is 1. The SMILES string of the molecule is COc1ccc(N)c(CN(C)CC2(N(C)C)CCC2)c1. The molecule has 20 heavy (non-hydrogen) atoms. The van der Waals surface area contributed by atoms with Crippen LogP contribution in [0.25, 0.3) is 0 Å². The van der Waals surface area contributed by atoms with Crippen LogP contribution in [-0.4, -0.2) is 50.1 Å². The van der Waals surface area contributed by atoms with E-state index in [2.05, 4.69) is 30.9 Å². The van der Waals surface area contributed by atoms with Crippen molar-refractivity contribution in [1.82, 2.24) is 9.80 Å². The third kappa shape index (κ3) is 3.07. The Morgan fingerprint density at radius 2 is 1.95 bits per heavy atom. The van der Waals surface area contributed by atoms with E-state index in [-0.39, 0.29) is 0 Å². The Bertz CT molecular complexity index is 455. The van der Waals surface area contributed by atoms with Crippen LogP contribution < -0.4 is 10.5 Å². The fourth-order valence-electron chi connectivity index (χ4n) is 3.03. The van der Waals surface area contributed by atoms with Crippen molar-refractivity contribution in [3.05, 3.63) is 23.8 Å². The minimum atomic E-state index is 0.350. The molecule has 0 heterocycles. The molecule has 0 unspecified atom stereocenters. The van der Waals surface area contributed by atoms with E-state index >= 15 is 0 Å². The number of hydrogen-bond donors (Lipinski definition) is 1. The molecule has 4 nitrogen and oxygen atoms in total. The molecule has 1 fully saturated rings. The highest BCUT2D eigenvalue weighted by atomic mass is 16.5. The number of likely N-dealkylation sites (N-methyl/N-ethyl adjacent to an activating group) is 2. The van der Waals surface area contributed by atoms with Crippen molar-refractivity contribution in [3.8, 4) is 5.75 Å². The first-order chi connectivity index (χ1) is 9.47. The molecule has 1 aliphatic rings. The molecule has 0 amide bonds. The van der Waals surface area contributed by atoms with Gasteiger partial charge < -0.3 is 20.3 Å². The Balaban J connectivity index is 2.02. The summed E-state index contributed by atoms with van der Waals surface area (Å²) in [4.78, 5) is 4.74. The van der Waals surface area contributed by atoms with Crippen LogP contribution in [0.3, 0.4) is 0 Å². The largest absolute Gasteiger partial charge is 0.497 e. The summed E-state index contributed by atoms with van der Waals surface area (Å²) in [6, 6.07) is 5.87. The van der Waals surface area contributed by atoms with Gasteiger partial charge in [0.15, 0.2) is 0 Å². The number of rotatable bonds is 6. The van der Waals surface area contributed by atoms with Crippen molar-refractivity contribution in [3.63, 3.8) is 0 Å². The molecule has 0 saturated heterocycles. The van der Waals surface area contributed by atoms with Crippen LogP contribution in [0.5, 0.6) is 5.75 Å². The number of nitrogen functional groups attached to an aromatic ring is 1. The van der Waals surface area contributed by atoms with Gasteiger partial charge >= 0.3 is 0 Å². The Morgan fingerprint density at radius 3 is 2.45 bits per heavy atom. The Labute approximate surface area is 122 Å². The fraction of sp³-hybridized carbons (Fsp3) is 0.625. The zero-order chi connectivity index (χ0) is 14.8. The summed E-state index contributed by atoms with van der Waals surface area (Å²) in [6.07, 6.45) is 3.92. The fourth-order valence-corrected chi connectivity index (χ4v) is 3.03. The van der Waals surface area contributed by atoms with Gasteiger partial charge in [0.2, 0.25) is 0 Å². The average molecular weight is 277 g/mol. The molecule has 0 bridgehead atoms. The number of nitrogens with two attached hydrogens (primary N) is 1. The normalized spacial score (nSPS) is 17.3. The second-order valence-electron chi connectivity index (χ2n) is 6.21. The van der Waals surface area contributed by atoms with Gasteiger partial charge in [-0.25, -0.2) is 0 Å². The zero-order valence-corrected chi connectivity index (χ0v) is 13.1. The predicted octanol–water partition coefficient (Wildman–Crippen LogP) is 2.19. The Kier molecular flexibility index (Phi) is 4.55. The second kappa shape index (κ2) is 6.02. The molecule has 1 saturated carbocycles. The van der Waals surface area contributed by atoms with Gasteiger partial charge in [0.05, 0.1) is 7.11 Å². The lowest BCUT2D eigenvalue weighted by Gasteiger charge is -2.49. The molecule has 112 valence electrons. The summed E-state index contributed by atoms with van der Waals surface area (Å²) in [6.45, 7) is 1.94. The molecule has 1 aliphatic carbocycles. The molecule has 1 aromatic carbocycles. The van der Waals surface area contributed by atoms with E-state index in [1.54, 1.807) is 7.11 Å². The minimum Gasteiger partial charge on any atom is -0.497 e. The molecule has 2 N–H and O–H groups in total. The number of hydrogen-bond acceptors (Lipinski definition) is 4. The third-order valence-electron chi connectivity index (χ3n) is 4.59. The zero-order valence-electron chi connectivity index (χ0n) is 13.1. The summed E-state index contributed by atoms with van der Waals surface area (Å²) < 4.78 is 5.28. The molecular formula is C16H27N3O. The third-order valence-corrected chi connectivity index (χ3v) is 4.59. The molecule has 0 radical (unpaired) electrons. The number of nitrogens with zero attached hydrogens (tertiary/aromatic N) is 2. The maximum atomic E-state index is 6.07. The van der Waals surface area contributed by atoms with Crippen molar-refractivity contribution in [2.75, 3.05) is 40.5 Å². The Hall–Kier alpha value is -1.26. The highest BCUT2D eigenvalue weighted by Crippen LogP contribution is 2.37. The van der Waals surface area contributed by atoms with Gasteiger partial charge in [-0.15, -0.1) is 0 Å². The van der Waals surface area contributed by atoms with E-state index in [4.69, 9.17) is 10.5 Å². The van der Waals surface area contributed by atoms with Crippen molar-refractivity contribution in [2.24, 2.45) is 0 Å². The molecule has 0 aromatic heterocycles. The maximum absolute atomic E-state index is 6.07. The quantitative estimate of drug-likeness (QED) is 0.809. The van der Waals surface area contributed by atoms with Gasteiger partial charge in [-0.05, 0) is 64.2 Å². The van der Waals surface area contributed by atoms with E-state index in [1.165, 1.54) is 19.3 Å². The van der Waals surface area contributed by atoms with E-state index in [0.29, 0.717) is 5.54 Å². The van der Waals surface area contributed by atoms with Crippen LogP contribution in [0.2, 0.25) is 0 Å². The van der Waals surface area contributed by atoms with Gasteiger partial charge in [-0.2, -0.15) is 0 Å². The molecule has 0 aliphatic heterocycles.